The molecule has 0 atom stereocenters. The van der Waals surface area contributed by atoms with Gasteiger partial charge in [-0.25, -0.2) is 0 Å². The predicted octanol–water partition coefficient (Wildman–Crippen LogP) is 8.42. The number of anilines is 1. The smallest absolute Gasteiger partial charge is 0.269 e. The van der Waals surface area contributed by atoms with Gasteiger partial charge in [-0.1, -0.05) is 91.0 Å². The minimum Gasteiger partial charge on any atom is -0.321 e. The van der Waals surface area contributed by atoms with Gasteiger partial charge in [-0.05, 0) is 58.3 Å². The Morgan fingerprint density at radius 3 is 2.05 bits per heavy atom. The molecule has 0 aliphatic carbocycles. The van der Waals surface area contributed by atoms with Crippen molar-refractivity contribution in [2.75, 3.05) is 5.32 Å². The van der Waals surface area contributed by atoms with Gasteiger partial charge in [-0.15, -0.1) is 0 Å². The number of hydrogen-bond acceptors (Lipinski definition) is 4. The topological polar surface area (TPSA) is 101 Å². The third-order valence-electron chi connectivity index (χ3n) is 7.14. The normalized spacial score (nSPS) is 11.2. The summed E-state index contributed by atoms with van der Waals surface area (Å²) in [6.07, 6.45) is 1.59. The van der Waals surface area contributed by atoms with Crippen LogP contribution in [0.1, 0.15) is 5.56 Å². The number of amides is 1. The van der Waals surface area contributed by atoms with E-state index in [4.69, 9.17) is 0 Å². The van der Waals surface area contributed by atoms with Crippen LogP contribution in [0.4, 0.5) is 11.4 Å². The van der Waals surface area contributed by atoms with Crippen LogP contribution >= 0.6 is 0 Å². The molecule has 0 saturated heterocycles. The van der Waals surface area contributed by atoms with Crippen molar-refractivity contribution in [1.29, 1.82) is 5.26 Å². The highest BCUT2D eigenvalue weighted by Crippen LogP contribution is 2.37. The first kappa shape index (κ1) is 26.9. The van der Waals surface area contributed by atoms with Crippen LogP contribution in [0, 0.1) is 21.4 Å². The van der Waals surface area contributed by atoms with E-state index in [1.807, 2.05) is 114 Å². The summed E-state index contributed by atoms with van der Waals surface area (Å²) >= 11 is 0. The van der Waals surface area contributed by atoms with Crippen LogP contribution in [0.3, 0.4) is 0 Å². The fraction of sp³-hybridized carbons (Fsp3) is 0. The lowest BCUT2D eigenvalue weighted by Gasteiger charge is -2.15. The minimum atomic E-state index is -0.527. The highest BCUT2D eigenvalue weighted by molar-refractivity contribution is 6.10. The molecule has 0 aliphatic rings. The third kappa shape index (κ3) is 5.53. The van der Waals surface area contributed by atoms with Crippen LogP contribution in [0.2, 0.25) is 0 Å². The number of aromatic nitrogens is 1. The van der Waals surface area contributed by atoms with Crippen LogP contribution in [0.5, 0.6) is 0 Å². The van der Waals surface area contributed by atoms with Crippen molar-refractivity contribution < 1.29 is 9.72 Å². The first-order valence-electron chi connectivity index (χ1n) is 13.6. The summed E-state index contributed by atoms with van der Waals surface area (Å²) in [5.41, 5.74) is 5.13. The van der Waals surface area contributed by atoms with E-state index >= 15 is 0 Å². The zero-order valence-corrected chi connectivity index (χ0v) is 22.8. The Bertz CT molecular complexity index is 2040. The van der Waals surface area contributed by atoms with Crippen molar-refractivity contribution in [1.82, 2.24) is 4.57 Å². The third-order valence-corrected chi connectivity index (χ3v) is 7.14. The van der Waals surface area contributed by atoms with Crippen molar-refractivity contribution in [3.8, 4) is 34.3 Å². The maximum absolute atomic E-state index is 13.4. The number of carbonyl (C=O) groups excluding carboxylic acids is 1. The Kier molecular flexibility index (Phi) is 7.32. The van der Waals surface area contributed by atoms with Crippen molar-refractivity contribution in [2.45, 2.75) is 0 Å². The highest BCUT2D eigenvalue weighted by Gasteiger charge is 2.21. The second-order valence-corrected chi connectivity index (χ2v) is 9.86. The zero-order valence-electron chi connectivity index (χ0n) is 22.8. The van der Waals surface area contributed by atoms with Gasteiger partial charge in [-0.2, -0.15) is 5.26 Å². The number of non-ortho nitro benzene ring substituents is 1. The first-order valence-corrected chi connectivity index (χ1v) is 13.6. The highest BCUT2D eigenvalue weighted by atomic mass is 16.6. The molecule has 0 radical (unpaired) electrons. The molecular weight excluding hydrogens is 536 g/mol. The number of hydrogen-bond donors (Lipinski definition) is 1. The summed E-state index contributed by atoms with van der Waals surface area (Å²) in [6, 6.07) is 43.1. The molecule has 5 aromatic carbocycles. The molecular formula is C36H24N4O3. The number of nitrogens with zero attached hydrogens (tertiary/aromatic N) is 3. The van der Waals surface area contributed by atoms with E-state index in [1.54, 1.807) is 18.2 Å². The molecule has 43 heavy (non-hydrogen) atoms. The molecule has 7 nitrogen and oxygen atoms in total. The number of nitro benzene ring substituents is 1. The lowest BCUT2D eigenvalue weighted by molar-refractivity contribution is -0.384. The molecule has 206 valence electrons. The number of nitro groups is 1. The molecule has 0 spiro atoms. The summed E-state index contributed by atoms with van der Waals surface area (Å²) in [7, 11) is 0. The number of nitriles is 1. The summed E-state index contributed by atoms with van der Waals surface area (Å²) in [6.45, 7) is 0. The van der Waals surface area contributed by atoms with Crippen LogP contribution in [-0.2, 0) is 4.79 Å². The van der Waals surface area contributed by atoms with Crippen LogP contribution in [0.15, 0.2) is 139 Å². The molecule has 6 aromatic rings. The van der Waals surface area contributed by atoms with E-state index < -0.39 is 10.8 Å². The van der Waals surface area contributed by atoms with Crippen LogP contribution in [-0.4, -0.2) is 15.4 Å². The van der Waals surface area contributed by atoms with E-state index in [-0.39, 0.29) is 11.3 Å². The monoisotopic (exact) mass is 560 g/mol. The molecule has 1 N–H and O–H groups in total. The Hall–Kier alpha value is -6.26. The fourth-order valence-corrected chi connectivity index (χ4v) is 5.11. The van der Waals surface area contributed by atoms with Gasteiger partial charge in [0, 0.05) is 29.1 Å². The molecule has 6 rings (SSSR count). The molecule has 0 unspecified atom stereocenters. The van der Waals surface area contributed by atoms with Crippen LogP contribution < -0.4 is 5.32 Å². The van der Waals surface area contributed by atoms with Crippen molar-refractivity contribution in [3.63, 3.8) is 0 Å². The van der Waals surface area contributed by atoms with E-state index in [1.165, 1.54) is 12.1 Å². The Morgan fingerprint density at radius 2 is 1.40 bits per heavy atom. The maximum atomic E-state index is 13.4. The molecule has 1 amide bonds. The number of benzene rings is 5. The largest absolute Gasteiger partial charge is 0.321 e. The summed E-state index contributed by atoms with van der Waals surface area (Å²) in [5.74, 6) is -0.527. The van der Waals surface area contributed by atoms with Crippen molar-refractivity contribution in [3.05, 3.63) is 155 Å². The van der Waals surface area contributed by atoms with Crippen LogP contribution in [0.25, 0.3) is 45.1 Å². The average molecular weight is 561 g/mol. The molecule has 0 fully saturated rings. The van der Waals surface area contributed by atoms with Gasteiger partial charge >= 0.3 is 0 Å². The standard InChI is InChI=1S/C36H24N4O3/c37-24-30(36(41)38-31-16-15-25-9-7-8-14-28(25)22-31)21-29-23-34(26-10-3-1-4-11-26)39(35(29)27-12-5-2-6-13-27)32-17-19-33(20-18-32)40(42)43/h1-23H,(H,38,41)/b30-21+. The molecule has 0 saturated carbocycles. The summed E-state index contributed by atoms with van der Waals surface area (Å²) in [5, 5.41) is 26.4. The zero-order chi connectivity index (χ0) is 29.8. The summed E-state index contributed by atoms with van der Waals surface area (Å²) < 4.78 is 2.00. The number of rotatable bonds is 7. The van der Waals surface area contributed by atoms with E-state index in [0.29, 0.717) is 16.9 Å². The van der Waals surface area contributed by atoms with Gasteiger partial charge in [0.1, 0.15) is 11.6 Å². The van der Waals surface area contributed by atoms with E-state index in [9.17, 15) is 20.2 Å². The second-order valence-electron chi connectivity index (χ2n) is 9.86. The minimum absolute atomic E-state index is 0.0179. The Labute approximate surface area is 247 Å². The Morgan fingerprint density at radius 1 is 0.767 bits per heavy atom. The fourth-order valence-electron chi connectivity index (χ4n) is 5.11. The number of fused-ring (bicyclic) bond motifs is 1. The molecule has 1 heterocycles. The number of nitrogens with one attached hydrogen (secondary N) is 1. The van der Waals surface area contributed by atoms with Crippen molar-refractivity contribution in [2.24, 2.45) is 0 Å². The lowest BCUT2D eigenvalue weighted by atomic mass is 10.0. The van der Waals surface area contributed by atoms with Gasteiger partial charge in [0.05, 0.1) is 16.3 Å². The van der Waals surface area contributed by atoms with Gasteiger partial charge in [0.25, 0.3) is 11.6 Å². The van der Waals surface area contributed by atoms with E-state index in [0.717, 1.165) is 33.3 Å². The second kappa shape index (κ2) is 11.7. The number of carbonyl (C=O) groups is 1. The molecule has 1 aromatic heterocycles. The van der Waals surface area contributed by atoms with Gasteiger partial charge in [-0.3, -0.25) is 14.9 Å². The van der Waals surface area contributed by atoms with Crippen molar-refractivity contribution >= 4 is 34.1 Å². The van der Waals surface area contributed by atoms with Gasteiger partial charge in [0.2, 0.25) is 0 Å². The first-order chi connectivity index (χ1) is 21.0. The molecule has 7 heteroatoms. The molecule has 0 bridgehead atoms. The van der Waals surface area contributed by atoms with Gasteiger partial charge < -0.3 is 9.88 Å². The summed E-state index contributed by atoms with van der Waals surface area (Å²) in [4.78, 5) is 24.3. The quantitative estimate of drug-likeness (QED) is 0.0916. The maximum Gasteiger partial charge on any atom is 0.269 e. The predicted molar refractivity (Wildman–Crippen MR) is 169 cm³/mol. The molecule has 0 aliphatic heterocycles. The SMILES string of the molecule is N#C/C(=C\c1cc(-c2ccccc2)n(-c2ccc([N+](=O)[O-])cc2)c1-c1ccccc1)C(=O)Nc1ccc2ccccc2c1. The van der Waals surface area contributed by atoms with E-state index in [2.05, 4.69) is 11.4 Å². The Balaban J connectivity index is 1.51. The van der Waals surface area contributed by atoms with Gasteiger partial charge in [0.15, 0.2) is 0 Å². The lowest BCUT2D eigenvalue weighted by Crippen LogP contribution is -2.13. The average Bonchev–Trinajstić information content (AvgIpc) is 3.43.